The molecule has 3 rings (SSSR count). The van der Waals surface area contributed by atoms with Gasteiger partial charge in [-0.3, -0.25) is 0 Å². The lowest BCUT2D eigenvalue weighted by atomic mass is 9.96. The van der Waals surface area contributed by atoms with E-state index in [0.717, 1.165) is 10.0 Å². The minimum atomic E-state index is 0.283. The second kappa shape index (κ2) is 5.47. The van der Waals surface area contributed by atoms with E-state index in [1.807, 2.05) is 0 Å². The summed E-state index contributed by atoms with van der Waals surface area (Å²) in [6, 6.07) is 0.570. The van der Waals surface area contributed by atoms with Crippen molar-refractivity contribution in [2.24, 2.45) is 0 Å². The molecule has 1 aromatic heterocycles. The van der Waals surface area contributed by atoms with Crippen LogP contribution in [0, 0.1) is 0 Å². The zero-order valence-corrected chi connectivity index (χ0v) is 11.6. The van der Waals surface area contributed by atoms with Crippen molar-refractivity contribution in [2.45, 2.75) is 69.7 Å². The van der Waals surface area contributed by atoms with Gasteiger partial charge in [0.2, 0.25) is 5.88 Å². The summed E-state index contributed by atoms with van der Waals surface area (Å²) in [4.78, 5) is 5.43. The van der Waals surface area contributed by atoms with Gasteiger partial charge in [0.05, 0.1) is 4.88 Å². The summed E-state index contributed by atoms with van der Waals surface area (Å²) in [6.07, 6.45) is 11.6. The van der Waals surface area contributed by atoms with E-state index >= 15 is 0 Å². The standard InChI is InChI=1S/C14H22N2OS/c17-13-12(10-6-4-5-7-10)18-14(16-13)15-11-8-2-1-3-9-11/h10-11,17H,1-9H2,(H,15,16). The number of rotatable bonds is 3. The predicted molar refractivity (Wildman–Crippen MR) is 75.5 cm³/mol. The van der Waals surface area contributed by atoms with Gasteiger partial charge < -0.3 is 10.4 Å². The first-order valence-corrected chi connectivity index (χ1v) is 8.11. The molecule has 18 heavy (non-hydrogen) atoms. The van der Waals surface area contributed by atoms with Crippen LogP contribution in [0.3, 0.4) is 0 Å². The van der Waals surface area contributed by atoms with Crippen LogP contribution < -0.4 is 5.32 Å². The van der Waals surface area contributed by atoms with Gasteiger partial charge in [0, 0.05) is 6.04 Å². The molecule has 2 saturated carbocycles. The van der Waals surface area contributed by atoms with Gasteiger partial charge in [-0.05, 0) is 31.6 Å². The Labute approximate surface area is 113 Å². The Morgan fingerprint density at radius 1 is 1.00 bits per heavy atom. The fraction of sp³-hybridized carbons (Fsp3) is 0.786. The van der Waals surface area contributed by atoms with Crippen LogP contribution in [0.25, 0.3) is 0 Å². The number of aromatic hydroxyl groups is 1. The van der Waals surface area contributed by atoms with Gasteiger partial charge in [-0.1, -0.05) is 43.4 Å². The van der Waals surface area contributed by atoms with Crippen molar-refractivity contribution in [1.82, 2.24) is 4.98 Å². The second-order valence-electron chi connectivity index (χ2n) is 5.67. The van der Waals surface area contributed by atoms with E-state index in [0.29, 0.717) is 12.0 Å². The third kappa shape index (κ3) is 2.63. The molecule has 4 heteroatoms. The van der Waals surface area contributed by atoms with Crippen molar-refractivity contribution in [2.75, 3.05) is 5.32 Å². The molecule has 0 unspecified atom stereocenters. The maximum atomic E-state index is 9.98. The molecule has 2 fully saturated rings. The van der Waals surface area contributed by atoms with Crippen LogP contribution >= 0.6 is 11.3 Å². The molecule has 0 amide bonds. The molecule has 0 aromatic carbocycles. The molecule has 3 nitrogen and oxygen atoms in total. The van der Waals surface area contributed by atoms with Gasteiger partial charge in [0.15, 0.2) is 5.13 Å². The molecule has 0 atom stereocenters. The molecule has 0 saturated heterocycles. The van der Waals surface area contributed by atoms with Crippen molar-refractivity contribution in [3.63, 3.8) is 0 Å². The normalized spacial score (nSPS) is 22.4. The SMILES string of the molecule is Oc1nc(NC2CCCCC2)sc1C1CCCC1. The maximum absolute atomic E-state index is 9.98. The van der Waals surface area contributed by atoms with Gasteiger partial charge in [0.25, 0.3) is 0 Å². The van der Waals surface area contributed by atoms with Crippen LogP contribution in [-0.4, -0.2) is 16.1 Å². The van der Waals surface area contributed by atoms with Crippen LogP contribution in [-0.2, 0) is 0 Å². The largest absolute Gasteiger partial charge is 0.492 e. The lowest BCUT2D eigenvalue weighted by Crippen LogP contribution is -2.21. The highest BCUT2D eigenvalue weighted by Gasteiger charge is 2.24. The summed E-state index contributed by atoms with van der Waals surface area (Å²) in [7, 11) is 0. The van der Waals surface area contributed by atoms with Gasteiger partial charge in [-0.2, -0.15) is 4.98 Å². The highest BCUT2D eigenvalue weighted by Crippen LogP contribution is 2.43. The van der Waals surface area contributed by atoms with Crippen molar-refractivity contribution < 1.29 is 5.11 Å². The molecule has 1 aromatic rings. The molecule has 0 bridgehead atoms. The van der Waals surface area contributed by atoms with Crippen LogP contribution in [0.5, 0.6) is 5.88 Å². The Balaban J connectivity index is 1.67. The Kier molecular flexibility index (Phi) is 3.73. The Hall–Kier alpha value is -0.770. The summed E-state index contributed by atoms with van der Waals surface area (Å²) in [5.74, 6) is 0.842. The quantitative estimate of drug-likeness (QED) is 0.859. The third-order valence-corrected chi connectivity index (χ3v) is 5.43. The molecular weight excluding hydrogens is 244 g/mol. The average molecular weight is 266 g/mol. The predicted octanol–water partition coefficient (Wildman–Crippen LogP) is 4.25. The number of nitrogens with zero attached hydrogens (tertiary/aromatic N) is 1. The third-order valence-electron chi connectivity index (χ3n) is 4.29. The topological polar surface area (TPSA) is 45.2 Å². The maximum Gasteiger partial charge on any atom is 0.227 e. The molecule has 0 radical (unpaired) electrons. The molecule has 0 aliphatic heterocycles. The van der Waals surface area contributed by atoms with E-state index in [-0.39, 0.29) is 5.88 Å². The Morgan fingerprint density at radius 3 is 2.39 bits per heavy atom. The summed E-state index contributed by atoms with van der Waals surface area (Å²) >= 11 is 1.68. The van der Waals surface area contributed by atoms with Crippen molar-refractivity contribution in [1.29, 1.82) is 0 Å². The number of hydrogen-bond donors (Lipinski definition) is 2. The minimum Gasteiger partial charge on any atom is -0.492 e. The van der Waals surface area contributed by atoms with E-state index in [4.69, 9.17) is 0 Å². The number of thiazole rings is 1. The van der Waals surface area contributed by atoms with E-state index in [2.05, 4.69) is 10.3 Å². The molecular formula is C14H22N2OS. The van der Waals surface area contributed by atoms with Crippen LogP contribution in [0.15, 0.2) is 0 Å². The van der Waals surface area contributed by atoms with Gasteiger partial charge in [-0.15, -0.1) is 0 Å². The highest BCUT2D eigenvalue weighted by molar-refractivity contribution is 7.16. The van der Waals surface area contributed by atoms with Crippen LogP contribution in [0.1, 0.15) is 68.6 Å². The first-order chi connectivity index (χ1) is 8.83. The van der Waals surface area contributed by atoms with Crippen molar-refractivity contribution >= 4 is 16.5 Å². The molecule has 2 aliphatic carbocycles. The number of aromatic nitrogens is 1. The lowest BCUT2D eigenvalue weighted by Gasteiger charge is -2.22. The number of hydrogen-bond acceptors (Lipinski definition) is 4. The lowest BCUT2D eigenvalue weighted by molar-refractivity contribution is 0.443. The molecule has 0 spiro atoms. The fourth-order valence-corrected chi connectivity index (χ4v) is 4.37. The van der Waals surface area contributed by atoms with Crippen molar-refractivity contribution in [3.05, 3.63) is 4.88 Å². The van der Waals surface area contributed by atoms with E-state index in [1.54, 1.807) is 11.3 Å². The Bertz CT molecular complexity index is 392. The Morgan fingerprint density at radius 2 is 1.67 bits per heavy atom. The first kappa shape index (κ1) is 12.3. The summed E-state index contributed by atoms with van der Waals surface area (Å²) in [5, 5.41) is 14.4. The van der Waals surface area contributed by atoms with E-state index < -0.39 is 0 Å². The fourth-order valence-electron chi connectivity index (χ4n) is 3.26. The monoisotopic (exact) mass is 266 g/mol. The summed E-state index contributed by atoms with van der Waals surface area (Å²) < 4.78 is 0. The summed E-state index contributed by atoms with van der Waals surface area (Å²) in [5.41, 5.74) is 0. The second-order valence-corrected chi connectivity index (χ2v) is 6.70. The minimum absolute atomic E-state index is 0.283. The van der Waals surface area contributed by atoms with Gasteiger partial charge >= 0.3 is 0 Å². The zero-order chi connectivity index (χ0) is 12.4. The number of nitrogens with one attached hydrogen (secondary N) is 1. The van der Waals surface area contributed by atoms with Crippen molar-refractivity contribution in [3.8, 4) is 5.88 Å². The molecule has 2 aliphatic rings. The smallest absolute Gasteiger partial charge is 0.227 e. The van der Waals surface area contributed by atoms with Crippen LogP contribution in [0.4, 0.5) is 5.13 Å². The zero-order valence-electron chi connectivity index (χ0n) is 10.8. The first-order valence-electron chi connectivity index (χ1n) is 7.29. The molecule has 1 heterocycles. The highest BCUT2D eigenvalue weighted by atomic mass is 32.1. The number of anilines is 1. The van der Waals surface area contributed by atoms with Gasteiger partial charge in [0.1, 0.15) is 0 Å². The van der Waals surface area contributed by atoms with E-state index in [9.17, 15) is 5.11 Å². The molecule has 100 valence electrons. The van der Waals surface area contributed by atoms with Crippen LogP contribution in [0.2, 0.25) is 0 Å². The average Bonchev–Trinajstić information content (AvgIpc) is 3.00. The van der Waals surface area contributed by atoms with E-state index in [1.165, 1.54) is 57.8 Å². The van der Waals surface area contributed by atoms with Gasteiger partial charge in [-0.25, -0.2) is 0 Å². The summed E-state index contributed by atoms with van der Waals surface area (Å²) in [6.45, 7) is 0. The molecule has 2 N–H and O–H groups in total.